The number of fused-ring (bicyclic) bond motifs is 1. The molecule has 2 heterocycles. The van der Waals surface area contributed by atoms with E-state index in [1.54, 1.807) is 11.8 Å². The van der Waals surface area contributed by atoms with Gasteiger partial charge >= 0.3 is 0 Å². The zero-order valence-electron chi connectivity index (χ0n) is 12.8. The lowest BCUT2D eigenvalue weighted by Crippen LogP contribution is -1.98. The molecule has 0 N–H and O–H groups in total. The fourth-order valence-electron chi connectivity index (χ4n) is 2.37. The highest BCUT2D eigenvalue weighted by atomic mass is 32.2. The predicted molar refractivity (Wildman–Crippen MR) is 91.5 cm³/mol. The molecule has 4 nitrogen and oxygen atoms in total. The monoisotopic (exact) mass is 312 g/mol. The Balaban J connectivity index is 1.74. The zero-order chi connectivity index (χ0) is 15.2. The van der Waals surface area contributed by atoms with Crippen molar-refractivity contribution in [3.63, 3.8) is 0 Å². The largest absolute Gasteiger partial charge is 0.283 e. The van der Waals surface area contributed by atoms with E-state index < -0.39 is 0 Å². The lowest BCUT2D eigenvalue weighted by molar-refractivity contribution is 0.706. The number of hydrogen-bond acceptors (Lipinski definition) is 4. The predicted octanol–water partition coefficient (Wildman–Crippen LogP) is 4.49. The minimum absolute atomic E-state index is 0.840. The Bertz CT molecular complexity index is 738. The van der Waals surface area contributed by atoms with Gasteiger partial charge in [-0.2, -0.15) is 0 Å². The Morgan fingerprint density at radius 3 is 2.86 bits per heavy atom. The molecule has 0 atom stereocenters. The van der Waals surface area contributed by atoms with Crippen LogP contribution in [0, 0.1) is 0 Å². The number of hydrogen-bond donors (Lipinski definition) is 0. The number of imidazole rings is 1. The van der Waals surface area contributed by atoms with Crippen molar-refractivity contribution >= 4 is 22.8 Å². The van der Waals surface area contributed by atoms with Crippen molar-refractivity contribution in [2.75, 3.05) is 5.75 Å². The van der Waals surface area contributed by atoms with Gasteiger partial charge in [0.15, 0.2) is 5.16 Å². The summed E-state index contributed by atoms with van der Waals surface area (Å²) < 4.78 is 2.01. The third-order valence-electron chi connectivity index (χ3n) is 3.55. The Morgan fingerprint density at radius 1 is 1.05 bits per heavy atom. The maximum atomic E-state index is 4.66. The van der Waals surface area contributed by atoms with Crippen molar-refractivity contribution in [2.24, 2.45) is 0 Å². The van der Waals surface area contributed by atoms with Gasteiger partial charge in [-0.05, 0) is 24.6 Å². The summed E-state index contributed by atoms with van der Waals surface area (Å²) in [5.41, 5.74) is 2.05. The second-order valence-electron chi connectivity index (χ2n) is 5.21. The number of nitrogens with zero attached hydrogens (tertiary/aromatic N) is 4. The summed E-state index contributed by atoms with van der Waals surface area (Å²) in [7, 11) is 0. The molecule has 114 valence electrons. The average Bonchev–Trinajstić information content (AvgIpc) is 2.99. The van der Waals surface area contributed by atoms with E-state index in [9.17, 15) is 0 Å². The smallest absolute Gasteiger partial charge is 0.189 e. The number of benzene rings is 1. The van der Waals surface area contributed by atoms with Gasteiger partial charge < -0.3 is 0 Å². The van der Waals surface area contributed by atoms with Crippen LogP contribution in [0.15, 0.2) is 48.0 Å². The van der Waals surface area contributed by atoms with Crippen LogP contribution in [0.1, 0.15) is 32.6 Å². The van der Waals surface area contributed by atoms with Gasteiger partial charge in [0.1, 0.15) is 12.1 Å². The maximum Gasteiger partial charge on any atom is 0.189 e. The molecule has 0 saturated carbocycles. The van der Waals surface area contributed by atoms with Crippen LogP contribution in [-0.2, 0) is 0 Å². The van der Waals surface area contributed by atoms with Gasteiger partial charge in [-0.25, -0.2) is 15.0 Å². The van der Waals surface area contributed by atoms with Crippen molar-refractivity contribution in [3.05, 3.63) is 42.9 Å². The fraction of sp³-hybridized carbons (Fsp3) is 0.353. The Kier molecular flexibility index (Phi) is 5.06. The highest BCUT2D eigenvalue weighted by Crippen LogP contribution is 2.19. The Labute approximate surface area is 135 Å². The summed E-state index contributed by atoms with van der Waals surface area (Å²) >= 11 is 1.73. The van der Waals surface area contributed by atoms with E-state index in [1.165, 1.54) is 25.7 Å². The second kappa shape index (κ2) is 7.40. The van der Waals surface area contributed by atoms with E-state index >= 15 is 0 Å². The molecule has 0 saturated heterocycles. The van der Waals surface area contributed by atoms with Gasteiger partial charge in [-0.3, -0.25) is 4.57 Å². The molecule has 3 aromatic rings. The quantitative estimate of drug-likeness (QED) is 0.366. The normalized spacial score (nSPS) is 11.1. The van der Waals surface area contributed by atoms with Crippen LogP contribution < -0.4 is 0 Å². The molecule has 0 radical (unpaired) electrons. The van der Waals surface area contributed by atoms with Crippen molar-refractivity contribution in [1.82, 2.24) is 19.5 Å². The van der Waals surface area contributed by atoms with Crippen molar-refractivity contribution < 1.29 is 0 Å². The molecule has 22 heavy (non-hydrogen) atoms. The average molecular weight is 312 g/mol. The summed E-state index contributed by atoms with van der Waals surface area (Å²) in [4.78, 5) is 13.4. The minimum Gasteiger partial charge on any atom is -0.283 e. The summed E-state index contributed by atoms with van der Waals surface area (Å²) in [6, 6.07) is 10.0. The van der Waals surface area contributed by atoms with Gasteiger partial charge in [0.05, 0.1) is 11.0 Å². The van der Waals surface area contributed by atoms with Crippen LogP contribution in [0.2, 0.25) is 0 Å². The molecule has 0 aliphatic heterocycles. The lowest BCUT2D eigenvalue weighted by Gasteiger charge is -2.05. The molecule has 0 aliphatic carbocycles. The van der Waals surface area contributed by atoms with Crippen LogP contribution in [0.5, 0.6) is 0 Å². The molecule has 0 spiro atoms. The Hall–Kier alpha value is -1.88. The molecule has 0 aliphatic rings. The summed E-state index contributed by atoms with van der Waals surface area (Å²) in [6.07, 6.45) is 8.73. The summed E-state index contributed by atoms with van der Waals surface area (Å²) in [5.74, 6) is 1.95. The Morgan fingerprint density at radius 2 is 1.95 bits per heavy atom. The van der Waals surface area contributed by atoms with E-state index in [-0.39, 0.29) is 0 Å². The molecular formula is C17H20N4S. The highest BCUT2D eigenvalue weighted by molar-refractivity contribution is 7.99. The third-order valence-corrected chi connectivity index (χ3v) is 4.50. The standard InChI is InChI=1S/C17H20N4S/c1-2-3-4-7-12-22-17-18-11-10-16(20-17)21-13-19-14-8-5-6-9-15(14)21/h5-6,8-11,13H,2-4,7,12H2,1H3. The number of rotatable bonds is 7. The molecule has 3 rings (SSSR count). The first-order valence-corrected chi connectivity index (χ1v) is 8.75. The molecule has 5 heteroatoms. The number of unbranched alkanes of at least 4 members (excludes halogenated alkanes) is 3. The van der Waals surface area contributed by atoms with Crippen LogP contribution in [0.25, 0.3) is 16.9 Å². The molecular weight excluding hydrogens is 292 g/mol. The van der Waals surface area contributed by atoms with Gasteiger partial charge in [-0.15, -0.1) is 0 Å². The van der Waals surface area contributed by atoms with Gasteiger partial charge in [0, 0.05) is 11.9 Å². The van der Waals surface area contributed by atoms with Gasteiger partial charge in [-0.1, -0.05) is 50.1 Å². The SMILES string of the molecule is CCCCCCSc1nccc(-n2cnc3ccccc32)n1. The first-order valence-electron chi connectivity index (χ1n) is 7.77. The fourth-order valence-corrected chi connectivity index (χ4v) is 3.19. The topological polar surface area (TPSA) is 43.6 Å². The molecule has 0 fully saturated rings. The molecule has 1 aromatic carbocycles. The van der Waals surface area contributed by atoms with Crippen molar-refractivity contribution in [1.29, 1.82) is 0 Å². The molecule has 0 unspecified atom stereocenters. The van der Waals surface area contributed by atoms with Gasteiger partial charge in [0.25, 0.3) is 0 Å². The van der Waals surface area contributed by atoms with E-state index in [4.69, 9.17) is 0 Å². The van der Waals surface area contributed by atoms with Crippen LogP contribution >= 0.6 is 11.8 Å². The minimum atomic E-state index is 0.840. The number of para-hydroxylation sites is 2. The van der Waals surface area contributed by atoms with Gasteiger partial charge in [0.2, 0.25) is 0 Å². The molecule has 0 amide bonds. The second-order valence-corrected chi connectivity index (χ2v) is 6.27. The lowest BCUT2D eigenvalue weighted by atomic mass is 10.2. The first-order chi connectivity index (χ1) is 10.9. The molecule has 2 aromatic heterocycles. The third kappa shape index (κ3) is 3.47. The van der Waals surface area contributed by atoms with E-state index in [1.807, 2.05) is 41.4 Å². The van der Waals surface area contributed by atoms with Crippen LogP contribution in [0.3, 0.4) is 0 Å². The first kappa shape index (κ1) is 15.0. The van der Waals surface area contributed by atoms with E-state index in [0.29, 0.717) is 0 Å². The van der Waals surface area contributed by atoms with Crippen molar-refractivity contribution in [2.45, 2.75) is 37.8 Å². The van der Waals surface area contributed by atoms with Crippen molar-refractivity contribution in [3.8, 4) is 5.82 Å². The summed E-state index contributed by atoms with van der Waals surface area (Å²) in [6.45, 7) is 2.23. The number of aromatic nitrogens is 4. The van der Waals surface area contributed by atoms with E-state index in [2.05, 4.69) is 27.9 Å². The number of thioether (sulfide) groups is 1. The zero-order valence-corrected chi connectivity index (χ0v) is 13.6. The van der Waals surface area contributed by atoms with E-state index in [0.717, 1.165) is 27.8 Å². The van der Waals surface area contributed by atoms with Crippen LogP contribution in [-0.4, -0.2) is 25.3 Å². The maximum absolute atomic E-state index is 4.66. The van der Waals surface area contributed by atoms with Crippen LogP contribution in [0.4, 0.5) is 0 Å². The summed E-state index contributed by atoms with van der Waals surface area (Å²) in [5, 5.41) is 0.840. The molecule has 0 bridgehead atoms. The highest BCUT2D eigenvalue weighted by Gasteiger charge is 2.06.